The minimum Gasteiger partial charge on any atom is -0.147 e. The van der Waals surface area contributed by atoms with Crippen LogP contribution in [0.1, 0.15) is 6.92 Å². The monoisotopic (exact) mass is 256 g/mol. The van der Waals surface area contributed by atoms with E-state index in [4.69, 9.17) is 0 Å². The van der Waals surface area contributed by atoms with E-state index in [1.807, 2.05) is 0 Å². The van der Waals surface area contributed by atoms with E-state index in [1.54, 1.807) is 0 Å². The van der Waals surface area contributed by atoms with E-state index >= 15 is 0 Å². The van der Waals surface area contributed by atoms with Crippen LogP contribution in [0.15, 0.2) is 0 Å². The molecule has 0 atom stereocenters. The molecule has 9 heavy (non-hydrogen) atoms. The van der Waals surface area contributed by atoms with Crippen LogP contribution in [0, 0.1) is 0 Å². The van der Waals surface area contributed by atoms with E-state index < -0.39 is 17.0 Å². The van der Waals surface area contributed by atoms with Gasteiger partial charge in [-0.25, -0.2) is 0 Å². The van der Waals surface area contributed by atoms with Gasteiger partial charge in [-0.1, -0.05) is 0 Å². The van der Waals surface area contributed by atoms with Crippen LogP contribution in [0.4, 0.5) is 9.95 Å². The predicted molar refractivity (Wildman–Crippen MR) is 32.8 cm³/mol. The van der Waals surface area contributed by atoms with Crippen molar-refractivity contribution < 1.29 is 21.9 Å². The van der Waals surface area contributed by atoms with E-state index in [1.165, 1.54) is 0 Å². The Hall–Kier alpha value is 1.28. The SMILES string of the molecule is C[CH2][Zn]([F])([F])([F])([Cl])[Cl].Cl. The Bertz CT molecular complexity index is 100. The largest absolute Gasteiger partial charge is 0.147 e. The molecule has 0 heterocycles. The molecule has 58 valence electrons. The van der Waals surface area contributed by atoms with Gasteiger partial charge in [-0.05, 0) is 0 Å². The van der Waals surface area contributed by atoms with Crippen molar-refractivity contribution in [2.45, 2.75) is 11.9 Å². The second kappa shape index (κ2) is 2.13. The van der Waals surface area contributed by atoms with Gasteiger partial charge in [0.25, 0.3) is 0 Å². The first-order valence-electron chi connectivity index (χ1n) is 2.54. The molecule has 7 heteroatoms. The first kappa shape index (κ1) is 12.9. The molecule has 0 aliphatic rings. The van der Waals surface area contributed by atoms with Crippen LogP contribution in [0.25, 0.3) is 0 Å². The third kappa shape index (κ3) is 12.5. The molecular weight excluding hydrogens is 253 g/mol. The fourth-order valence-electron chi connectivity index (χ4n) is 0. The summed E-state index contributed by atoms with van der Waals surface area (Å²) in [4.78, 5) is 0. The maximum atomic E-state index is 11.9. The number of halogens is 6. The van der Waals surface area contributed by atoms with Crippen LogP contribution in [0.2, 0.25) is 5.02 Å². The molecular formula is C2H6Cl3F3Zn. The van der Waals surface area contributed by atoms with Crippen LogP contribution in [0.5, 0.6) is 0 Å². The minimum atomic E-state index is -8.00. The van der Waals surface area contributed by atoms with Gasteiger partial charge in [0.15, 0.2) is 0 Å². The Morgan fingerprint density at radius 3 is 1.33 bits per heavy atom. The molecule has 0 amide bonds. The van der Waals surface area contributed by atoms with E-state index in [0.29, 0.717) is 0 Å². The molecule has 0 saturated carbocycles. The summed E-state index contributed by atoms with van der Waals surface area (Å²) in [5, 5.41) is -1.06. The molecule has 0 aliphatic heterocycles. The zero-order chi connectivity index (χ0) is 7.12. The molecule has 0 unspecified atom stereocenters. The molecule has 0 spiro atoms. The molecule has 0 aliphatic carbocycles. The zero-order valence-electron chi connectivity index (χ0n) is 4.71. The van der Waals surface area contributed by atoms with Gasteiger partial charge in [0.1, 0.15) is 0 Å². The Morgan fingerprint density at radius 1 is 1.22 bits per heavy atom. The summed E-state index contributed by atoms with van der Waals surface area (Å²) in [6, 6.07) is 0. The topological polar surface area (TPSA) is 0 Å². The van der Waals surface area contributed by atoms with E-state index in [2.05, 4.69) is 19.4 Å². The van der Waals surface area contributed by atoms with Crippen LogP contribution < -0.4 is 0 Å². The summed E-state index contributed by atoms with van der Waals surface area (Å²) in [6.45, 7) is 0.931. The van der Waals surface area contributed by atoms with Crippen molar-refractivity contribution >= 4 is 31.8 Å². The van der Waals surface area contributed by atoms with Gasteiger partial charge < -0.3 is 0 Å². The van der Waals surface area contributed by atoms with Crippen molar-refractivity contribution in [2.75, 3.05) is 0 Å². The molecule has 0 nitrogen and oxygen atoms in total. The van der Waals surface area contributed by atoms with Gasteiger partial charge in [-0.15, -0.1) is 12.4 Å². The number of hydrogen-bond donors (Lipinski definition) is 0. The zero-order valence-corrected chi connectivity index (χ0v) is 10.0. The fourth-order valence-corrected chi connectivity index (χ4v) is 0. The molecule has 0 fully saturated rings. The predicted octanol–water partition coefficient (Wildman–Crippen LogP) is 4.03. The molecule has 0 aromatic carbocycles. The standard InChI is InChI=1S/C2H5.3ClH.3FH.Zn/c1-2;;;;;;;/h1H2,2H3;6*1H;/q;;;;;;;+5/p-5. The summed E-state index contributed by atoms with van der Waals surface area (Å²) < 4.78 is 35.7. The Kier molecular flexibility index (Phi) is 3.06. The van der Waals surface area contributed by atoms with Crippen molar-refractivity contribution in [1.82, 2.24) is 0 Å². The first-order valence-corrected chi connectivity index (χ1v) is 15.8. The van der Waals surface area contributed by atoms with Crippen LogP contribution >= 0.6 is 31.8 Å². The van der Waals surface area contributed by atoms with Crippen molar-refractivity contribution in [3.05, 3.63) is 0 Å². The first-order chi connectivity index (χ1) is 3.04. The molecule has 0 radical (unpaired) electrons. The van der Waals surface area contributed by atoms with Gasteiger partial charge in [0.05, 0.1) is 0 Å². The summed E-state index contributed by atoms with van der Waals surface area (Å²) in [7, 11) is 8.40. The van der Waals surface area contributed by atoms with Crippen molar-refractivity contribution in [3.63, 3.8) is 0 Å². The second-order valence-corrected chi connectivity index (χ2v) is 27.2. The summed E-state index contributed by atoms with van der Waals surface area (Å²) in [5.41, 5.74) is 0. The second-order valence-electron chi connectivity index (χ2n) is 2.46. The average Bonchev–Trinajstić information content (AvgIpc) is 1.30. The van der Waals surface area contributed by atoms with Crippen LogP contribution in [0.3, 0.4) is 0 Å². The van der Waals surface area contributed by atoms with Crippen LogP contribution in [-0.2, 0) is 11.9 Å². The minimum absolute atomic E-state index is 0. The normalized spacial score (nSPS) is 15.3. The summed E-state index contributed by atoms with van der Waals surface area (Å²) >= 11 is -8.00. The van der Waals surface area contributed by atoms with Crippen molar-refractivity contribution in [3.8, 4) is 0 Å². The Labute approximate surface area is 65.6 Å². The van der Waals surface area contributed by atoms with E-state index in [9.17, 15) is 9.95 Å². The van der Waals surface area contributed by atoms with Gasteiger partial charge >= 0.3 is 53.2 Å². The third-order valence-corrected chi connectivity index (χ3v) is 8.84. The van der Waals surface area contributed by atoms with E-state index in [-0.39, 0.29) is 12.4 Å². The summed E-state index contributed by atoms with van der Waals surface area (Å²) in [5.74, 6) is 0. The fraction of sp³-hybridized carbons (Fsp3) is 1.00. The van der Waals surface area contributed by atoms with Crippen molar-refractivity contribution in [1.29, 1.82) is 0 Å². The molecule has 0 rings (SSSR count). The molecule has 0 aromatic rings. The number of rotatable bonds is 1. The maximum absolute atomic E-state index is 11.9. The van der Waals surface area contributed by atoms with Crippen molar-refractivity contribution in [2.24, 2.45) is 0 Å². The van der Waals surface area contributed by atoms with Gasteiger partial charge in [0.2, 0.25) is 0 Å². The molecule has 0 N–H and O–H groups in total. The van der Waals surface area contributed by atoms with Gasteiger partial charge in [-0.3, -0.25) is 0 Å². The van der Waals surface area contributed by atoms with Gasteiger partial charge in [0, 0.05) is 0 Å². The number of hydrogen-bond acceptors (Lipinski definition) is 0. The molecule has 0 aromatic heterocycles. The third-order valence-electron chi connectivity index (χ3n) is 0.945. The Morgan fingerprint density at radius 2 is 1.33 bits per heavy atom. The maximum Gasteiger partial charge on any atom is -0.147 e. The van der Waals surface area contributed by atoms with E-state index in [0.717, 1.165) is 6.92 Å². The smallest absolute Gasteiger partial charge is 0.147 e. The van der Waals surface area contributed by atoms with Gasteiger partial charge in [-0.2, -0.15) is 0 Å². The summed E-state index contributed by atoms with van der Waals surface area (Å²) in [6.07, 6.45) is 0. The Balaban J connectivity index is 0. The molecule has 0 saturated heterocycles. The average molecular weight is 259 g/mol. The quantitative estimate of drug-likeness (QED) is 0.623. The van der Waals surface area contributed by atoms with Crippen LogP contribution in [-0.4, -0.2) is 0 Å². The molecule has 0 bridgehead atoms.